The quantitative estimate of drug-likeness (QED) is 0.278. The van der Waals surface area contributed by atoms with Crippen LogP contribution >= 0.6 is 0 Å². The molecule has 14 heteroatoms. The first kappa shape index (κ1) is 35.6. The number of anilines is 2. The monoisotopic (exact) mass is 696 g/mol. The number of benzene rings is 1. The molecule has 1 saturated carbocycles. The van der Waals surface area contributed by atoms with Gasteiger partial charge in [-0.2, -0.15) is 13.2 Å². The highest BCUT2D eigenvalue weighted by molar-refractivity contribution is 6.04. The number of carbonyl (C=O) groups is 2. The number of halogens is 3. The summed E-state index contributed by atoms with van der Waals surface area (Å²) in [6.07, 6.45) is 0.386. The van der Waals surface area contributed by atoms with E-state index in [0.29, 0.717) is 62.8 Å². The van der Waals surface area contributed by atoms with Gasteiger partial charge >= 0.3 is 12.1 Å². The van der Waals surface area contributed by atoms with Crippen molar-refractivity contribution in [3.05, 3.63) is 65.6 Å². The fraction of sp³-hybridized carbons (Fsp3) is 0.500. The maximum atomic E-state index is 13.2. The number of nitrogens with zero attached hydrogens (tertiary/aromatic N) is 5. The molecule has 3 aromatic rings. The Hall–Kier alpha value is -4.27. The molecule has 0 unspecified atom stereocenters. The third-order valence-corrected chi connectivity index (χ3v) is 9.59. The first-order chi connectivity index (χ1) is 24.1. The second kappa shape index (κ2) is 15.7. The molecule has 1 amide bonds. The summed E-state index contributed by atoms with van der Waals surface area (Å²) < 4.78 is 56.7. The lowest BCUT2D eigenvalue weighted by atomic mass is 9.79. The van der Waals surface area contributed by atoms with E-state index in [-0.39, 0.29) is 17.5 Å². The molecule has 3 aliphatic rings. The highest BCUT2D eigenvalue weighted by Gasteiger charge is 2.39. The van der Waals surface area contributed by atoms with Gasteiger partial charge in [0.1, 0.15) is 12.3 Å². The van der Waals surface area contributed by atoms with Gasteiger partial charge in [-0.15, -0.1) is 0 Å². The number of pyridine rings is 2. The highest BCUT2D eigenvalue weighted by atomic mass is 19.4. The van der Waals surface area contributed by atoms with Crippen molar-refractivity contribution in [3.63, 3.8) is 0 Å². The predicted molar refractivity (Wildman–Crippen MR) is 181 cm³/mol. The lowest BCUT2D eigenvalue weighted by Crippen LogP contribution is -2.55. The second-order valence-corrected chi connectivity index (χ2v) is 12.8. The van der Waals surface area contributed by atoms with Crippen molar-refractivity contribution in [1.82, 2.24) is 19.8 Å². The van der Waals surface area contributed by atoms with Gasteiger partial charge in [-0.1, -0.05) is 6.07 Å². The number of hydrogen-bond donors (Lipinski definition) is 1. The minimum Gasteiger partial charge on any atom is -0.475 e. The smallest absolute Gasteiger partial charge is 0.416 e. The topological polar surface area (TPSA) is 109 Å². The summed E-state index contributed by atoms with van der Waals surface area (Å²) >= 11 is 0. The van der Waals surface area contributed by atoms with Crippen LogP contribution in [0.1, 0.15) is 41.4 Å². The Morgan fingerprint density at radius 1 is 1.00 bits per heavy atom. The van der Waals surface area contributed by atoms with Crippen molar-refractivity contribution in [2.45, 2.75) is 38.9 Å². The van der Waals surface area contributed by atoms with Gasteiger partial charge in [-0.3, -0.25) is 24.4 Å². The Morgan fingerprint density at radius 2 is 1.76 bits per heavy atom. The number of carbonyl (C=O) groups excluding carboxylic acids is 2. The molecule has 1 N–H and O–H groups in total. The zero-order valence-corrected chi connectivity index (χ0v) is 28.4. The van der Waals surface area contributed by atoms with Crippen LogP contribution in [-0.2, 0) is 20.4 Å². The highest BCUT2D eigenvalue weighted by Crippen LogP contribution is 2.35. The van der Waals surface area contributed by atoms with Gasteiger partial charge in [0.2, 0.25) is 5.88 Å². The molecule has 0 radical (unpaired) electrons. The van der Waals surface area contributed by atoms with Crippen molar-refractivity contribution in [1.29, 1.82) is 0 Å². The van der Waals surface area contributed by atoms with E-state index in [4.69, 9.17) is 19.2 Å². The van der Waals surface area contributed by atoms with Crippen LogP contribution < -0.4 is 15.0 Å². The molecule has 2 aliphatic heterocycles. The number of morpholine rings is 1. The van der Waals surface area contributed by atoms with E-state index in [9.17, 15) is 22.8 Å². The first-order valence-corrected chi connectivity index (χ1v) is 17.1. The summed E-state index contributed by atoms with van der Waals surface area (Å²) in [5.74, 6) is -0.183. The van der Waals surface area contributed by atoms with Gasteiger partial charge in [0.15, 0.2) is 0 Å². The SMILES string of the molecule is CCOC(=O)C1CC(N2CCN(CCOc3ncc(-c4cc(NC(=O)c5cccc(C(F)(F)F)c5)cnc4C)cc3N3CCOCC3)CC2)C1. The third-order valence-electron chi connectivity index (χ3n) is 9.59. The largest absolute Gasteiger partial charge is 0.475 e. The molecular weight excluding hydrogens is 653 g/mol. The maximum absolute atomic E-state index is 13.2. The molecule has 0 bridgehead atoms. The summed E-state index contributed by atoms with van der Waals surface area (Å²) in [7, 11) is 0. The molecule has 2 aromatic heterocycles. The molecule has 3 fully saturated rings. The van der Waals surface area contributed by atoms with Crippen molar-refractivity contribution in [2.24, 2.45) is 5.92 Å². The van der Waals surface area contributed by atoms with Crippen molar-refractivity contribution >= 4 is 23.3 Å². The molecule has 11 nitrogen and oxygen atoms in total. The normalized spacial score (nSPS) is 20.2. The fourth-order valence-corrected chi connectivity index (χ4v) is 6.63. The molecule has 268 valence electrons. The van der Waals surface area contributed by atoms with E-state index in [0.717, 1.165) is 74.5 Å². The third kappa shape index (κ3) is 8.53. The van der Waals surface area contributed by atoms with E-state index < -0.39 is 17.6 Å². The molecule has 4 heterocycles. The van der Waals surface area contributed by atoms with Crippen molar-refractivity contribution in [2.75, 3.05) is 82.5 Å². The Balaban J connectivity index is 1.09. The van der Waals surface area contributed by atoms with E-state index >= 15 is 0 Å². The Morgan fingerprint density at radius 3 is 2.48 bits per heavy atom. The lowest BCUT2D eigenvalue weighted by Gasteiger charge is -2.45. The average Bonchev–Trinajstić information content (AvgIpc) is 3.09. The molecular formula is C36H43F3N6O5. The van der Waals surface area contributed by atoms with E-state index in [1.165, 1.54) is 18.3 Å². The number of rotatable bonds is 11. The van der Waals surface area contributed by atoms with E-state index in [2.05, 4.69) is 25.0 Å². The lowest BCUT2D eigenvalue weighted by molar-refractivity contribution is -0.153. The van der Waals surface area contributed by atoms with Crippen LogP contribution in [0.4, 0.5) is 24.5 Å². The van der Waals surface area contributed by atoms with Gasteiger partial charge in [0.25, 0.3) is 5.91 Å². The van der Waals surface area contributed by atoms with Crippen LogP contribution in [0.25, 0.3) is 11.1 Å². The first-order valence-electron chi connectivity index (χ1n) is 17.1. The van der Waals surface area contributed by atoms with Crippen LogP contribution in [0.5, 0.6) is 5.88 Å². The number of ether oxygens (including phenoxy) is 3. The molecule has 50 heavy (non-hydrogen) atoms. The van der Waals surface area contributed by atoms with Crippen molar-refractivity contribution in [3.8, 4) is 17.0 Å². The summed E-state index contributed by atoms with van der Waals surface area (Å²) in [6.45, 7) is 11.6. The molecule has 2 saturated heterocycles. The number of esters is 1. The molecule has 0 atom stereocenters. The molecule has 1 aliphatic carbocycles. The minimum atomic E-state index is -4.56. The Bertz CT molecular complexity index is 1650. The van der Waals surface area contributed by atoms with Crippen LogP contribution in [0.15, 0.2) is 48.8 Å². The predicted octanol–water partition coefficient (Wildman–Crippen LogP) is 4.90. The molecule has 6 rings (SSSR count). The summed E-state index contributed by atoms with van der Waals surface area (Å²) in [5.41, 5.74) is 2.35. The number of amides is 1. The number of alkyl halides is 3. The van der Waals surface area contributed by atoms with Gasteiger partial charge in [-0.05, 0) is 57.0 Å². The zero-order valence-electron chi connectivity index (χ0n) is 28.4. The molecule has 1 aromatic carbocycles. The van der Waals surface area contributed by atoms with Crippen LogP contribution in [0, 0.1) is 12.8 Å². The van der Waals surface area contributed by atoms with E-state index in [1.54, 1.807) is 12.3 Å². The van der Waals surface area contributed by atoms with Gasteiger partial charge in [-0.25, -0.2) is 4.98 Å². The summed E-state index contributed by atoms with van der Waals surface area (Å²) in [6, 6.07) is 8.49. The summed E-state index contributed by atoms with van der Waals surface area (Å²) in [4.78, 5) is 41.1. The average molecular weight is 697 g/mol. The van der Waals surface area contributed by atoms with Crippen LogP contribution in [0.3, 0.4) is 0 Å². The van der Waals surface area contributed by atoms with Crippen LogP contribution in [-0.4, -0.2) is 110 Å². The number of hydrogen-bond acceptors (Lipinski definition) is 10. The van der Waals surface area contributed by atoms with Crippen LogP contribution in [0.2, 0.25) is 0 Å². The van der Waals surface area contributed by atoms with E-state index in [1.807, 2.05) is 19.9 Å². The van der Waals surface area contributed by atoms with Gasteiger partial charge in [0, 0.05) is 80.4 Å². The zero-order chi connectivity index (χ0) is 35.3. The standard InChI is InChI=1S/C36H43F3N6O5/c1-3-49-35(47)26-18-30(19-26)44-9-7-43(8-10-44)11-16-50-34-32(45-12-14-48-15-13-45)20-27(22-41-34)31-21-29(23-40-24(31)2)42-33(46)25-5-4-6-28(17-25)36(37,38)39/h4-6,17,20-23,26,30H,3,7-16,18-19H2,1-2H3,(H,42,46). The van der Waals surface area contributed by atoms with Crippen molar-refractivity contribution < 1.29 is 37.0 Å². The van der Waals surface area contributed by atoms with Gasteiger partial charge in [0.05, 0.1) is 43.2 Å². The maximum Gasteiger partial charge on any atom is 0.416 e. The molecule has 0 spiro atoms. The van der Waals surface area contributed by atoms with Gasteiger partial charge < -0.3 is 24.4 Å². The fourth-order valence-electron chi connectivity index (χ4n) is 6.63. The number of aromatic nitrogens is 2. The Labute approximate surface area is 289 Å². The number of aryl methyl sites for hydroxylation is 1. The second-order valence-electron chi connectivity index (χ2n) is 12.8. The minimum absolute atomic E-state index is 0.0361. The number of nitrogens with one attached hydrogen (secondary N) is 1. The number of piperazine rings is 1. The summed E-state index contributed by atoms with van der Waals surface area (Å²) in [5, 5.41) is 2.68. The Kier molecular flexibility index (Phi) is 11.2.